The molecule has 0 bridgehead atoms. The van der Waals surface area contributed by atoms with Crippen LogP contribution in [0.3, 0.4) is 0 Å². The summed E-state index contributed by atoms with van der Waals surface area (Å²) in [5, 5.41) is 4.57. The minimum Gasteiger partial charge on any atom is -0.370 e. The van der Waals surface area contributed by atoms with E-state index in [1.807, 2.05) is 20.2 Å². The van der Waals surface area contributed by atoms with E-state index >= 15 is 0 Å². The Bertz CT molecular complexity index is 582. The van der Waals surface area contributed by atoms with Crippen molar-refractivity contribution in [3.8, 4) is 11.3 Å². The molecule has 2 rings (SSSR count). The first-order chi connectivity index (χ1) is 9.51. The zero-order valence-electron chi connectivity index (χ0n) is 12.2. The number of halogens is 1. The van der Waals surface area contributed by atoms with Crippen LogP contribution in [0.2, 0.25) is 5.15 Å². The van der Waals surface area contributed by atoms with Gasteiger partial charge in [0.2, 0.25) is 0 Å². The van der Waals surface area contributed by atoms with E-state index in [4.69, 9.17) is 16.3 Å². The summed E-state index contributed by atoms with van der Waals surface area (Å²) >= 11 is 6.12. The number of nitrogens with zero attached hydrogens (tertiary/aromatic N) is 4. The minimum atomic E-state index is -0.158. The molecule has 6 heteroatoms. The van der Waals surface area contributed by atoms with E-state index in [0.29, 0.717) is 17.6 Å². The van der Waals surface area contributed by atoms with Crippen LogP contribution in [0.15, 0.2) is 18.5 Å². The van der Waals surface area contributed by atoms with Crippen LogP contribution in [0.1, 0.15) is 32.7 Å². The Hall–Kier alpha value is -1.46. The third-order valence-corrected chi connectivity index (χ3v) is 3.11. The number of hydrogen-bond donors (Lipinski definition) is 0. The molecule has 108 valence electrons. The molecular weight excluding hydrogens is 276 g/mol. The first kappa shape index (κ1) is 14.9. The van der Waals surface area contributed by atoms with E-state index in [1.54, 1.807) is 16.9 Å². The van der Waals surface area contributed by atoms with Crippen molar-refractivity contribution in [1.29, 1.82) is 0 Å². The molecule has 0 saturated heterocycles. The molecule has 2 aromatic rings. The molecular formula is C14H19ClN4O. The second-order valence-corrected chi connectivity index (χ2v) is 5.34. The highest BCUT2D eigenvalue weighted by molar-refractivity contribution is 6.29. The van der Waals surface area contributed by atoms with Crippen LogP contribution in [0.4, 0.5) is 0 Å². The molecule has 2 aromatic heterocycles. The Morgan fingerprint density at radius 3 is 2.65 bits per heavy atom. The number of aryl methyl sites for hydroxylation is 1. The molecule has 0 aliphatic carbocycles. The number of hydrogen-bond acceptors (Lipinski definition) is 4. The Balaban J connectivity index is 2.42. The van der Waals surface area contributed by atoms with Crippen LogP contribution in [0, 0.1) is 5.92 Å². The molecule has 0 amide bonds. The highest BCUT2D eigenvalue weighted by atomic mass is 35.5. The smallest absolute Gasteiger partial charge is 0.159 e. The highest BCUT2D eigenvalue weighted by Crippen LogP contribution is 2.27. The second kappa shape index (κ2) is 6.33. The van der Waals surface area contributed by atoms with E-state index in [9.17, 15) is 0 Å². The second-order valence-electron chi connectivity index (χ2n) is 4.96. The Morgan fingerprint density at radius 1 is 1.35 bits per heavy atom. The van der Waals surface area contributed by atoms with Crippen molar-refractivity contribution in [3.05, 3.63) is 29.4 Å². The Kier molecular flexibility index (Phi) is 4.73. The van der Waals surface area contributed by atoms with Gasteiger partial charge in [0.1, 0.15) is 11.3 Å². The van der Waals surface area contributed by atoms with Crippen molar-refractivity contribution in [2.75, 3.05) is 6.61 Å². The van der Waals surface area contributed by atoms with E-state index in [2.05, 4.69) is 28.9 Å². The molecule has 0 fully saturated rings. The monoisotopic (exact) mass is 294 g/mol. The molecule has 20 heavy (non-hydrogen) atoms. The van der Waals surface area contributed by atoms with Crippen LogP contribution in [0.25, 0.3) is 11.3 Å². The highest BCUT2D eigenvalue weighted by Gasteiger charge is 2.20. The van der Waals surface area contributed by atoms with Gasteiger partial charge in [0.25, 0.3) is 0 Å². The largest absolute Gasteiger partial charge is 0.370 e. The third-order valence-electron chi connectivity index (χ3n) is 2.92. The van der Waals surface area contributed by atoms with Crippen LogP contribution in [-0.4, -0.2) is 26.4 Å². The van der Waals surface area contributed by atoms with E-state index < -0.39 is 0 Å². The number of aromatic nitrogens is 4. The van der Waals surface area contributed by atoms with Crippen molar-refractivity contribution >= 4 is 11.6 Å². The van der Waals surface area contributed by atoms with Gasteiger partial charge in [-0.2, -0.15) is 5.10 Å². The molecule has 0 aliphatic heterocycles. The summed E-state index contributed by atoms with van der Waals surface area (Å²) in [5.74, 6) is 0.892. The molecule has 0 aromatic carbocycles. The fourth-order valence-corrected chi connectivity index (χ4v) is 2.20. The maximum atomic E-state index is 6.12. The summed E-state index contributed by atoms with van der Waals surface area (Å²) < 4.78 is 7.47. The summed E-state index contributed by atoms with van der Waals surface area (Å²) in [6.45, 7) is 6.73. The van der Waals surface area contributed by atoms with E-state index in [-0.39, 0.29) is 12.0 Å². The quantitative estimate of drug-likeness (QED) is 0.794. The first-order valence-corrected chi connectivity index (χ1v) is 7.04. The SMILES string of the molecule is CCOC(c1nc(Cl)cc(-c2cnn(C)c2)n1)C(C)C. The summed E-state index contributed by atoms with van der Waals surface area (Å²) in [7, 11) is 1.87. The zero-order chi connectivity index (χ0) is 14.7. The first-order valence-electron chi connectivity index (χ1n) is 6.66. The van der Waals surface area contributed by atoms with Gasteiger partial charge in [0.15, 0.2) is 5.82 Å². The average Bonchev–Trinajstić information content (AvgIpc) is 2.81. The lowest BCUT2D eigenvalue weighted by molar-refractivity contribution is 0.0233. The van der Waals surface area contributed by atoms with Crippen LogP contribution >= 0.6 is 11.6 Å². The standard InChI is InChI=1S/C14H19ClN4O/c1-5-20-13(9(2)3)14-17-11(6-12(15)18-14)10-7-16-19(4)8-10/h6-9,13H,5H2,1-4H3. The van der Waals surface area contributed by atoms with Crippen LogP contribution < -0.4 is 0 Å². The van der Waals surface area contributed by atoms with Gasteiger partial charge >= 0.3 is 0 Å². The number of ether oxygens (including phenoxy) is 1. The lowest BCUT2D eigenvalue weighted by atomic mass is 10.1. The van der Waals surface area contributed by atoms with Crippen molar-refractivity contribution in [1.82, 2.24) is 19.7 Å². The molecule has 0 radical (unpaired) electrons. The predicted octanol–water partition coefficient (Wildman–Crippen LogP) is 3.26. The maximum absolute atomic E-state index is 6.12. The van der Waals surface area contributed by atoms with Gasteiger partial charge in [0.05, 0.1) is 11.9 Å². The van der Waals surface area contributed by atoms with Gasteiger partial charge < -0.3 is 4.74 Å². The van der Waals surface area contributed by atoms with Crippen LogP contribution in [0.5, 0.6) is 0 Å². The Morgan fingerprint density at radius 2 is 2.10 bits per heavy atom. The van der Waals surface area contributed by atoms with Gasteiger partial charge in [-0.25, -0.2) is 9.97 Å². The van der Waals surface area contributed by atoms with Gasteiger partial charge in [-0.05, 0) is 12.8 Å². The topological polar surface area (TPSA) is 52.8 Å². The molecule has 0 spiro atoms. The fourth-order valence-electron chi connectivity index (χ4n) is 2.01. The summed E-state index contributed by atoms with van der Waals surface area (Å²) in [6.07, 6.45) is 3.50. The molecule has 1 unspecified atom stereocenters. The third kappa shape index (κ3) is 3.35. The molecule has 0 saturated carbocycles. The van der Waals surface area contributed by atoms with Gasteiger partial charge in [-0.3, -0.25) is 4.68 Å². The van der Waals surface area contributed by atoms with Gasteiger partial charge in [0, 0.05) is 31.5 Å². The molecule has 0 N–H and O–H groups in total. The van der Waals surface area contributed by atoms with E-state index in [1.165, 1.54) is 0 Å². The maximum Gasteiger partial charge on any atom is 0.159 e. The van der Waals surface area contributed by atoms with E-state index in [0.717, 1.165) is 11.3 Å². The average molecular weight is 295 g/mol. The normalized spacial score (nSPS) is 12.9. The van der Waals surface area contributed by atoms with Gasteiger partial charge in [-0.1, -0.05) is 25.4 Å². The number of rotatable bonds is 5. The minimum absolute atomic E-state index is 0.158. The lowest BCUT2D eigenvalue weighted by Gasteiger charge is -2.19. The fraction of sp³-hybridized carbons (Fsp3) is 0.500. The summed E-state index contributed by atoms with van der Waals surface area (Å²) in [6, 6.07) is 1.74. The summed E-state index contributed by atoms with van der Waals surface area (Å²) in [5.41, 5.74) is 1.68. The zero-order valence-corrected chi connectivity index (χ0v) is 12.9. The Labute approximate surface area is 124 Å². The molecule has 0 aliphatic rings. The van der Waals surface area contributed by atoms with Crippen molar-refractivity contribution in [2.45, 2.75) is 26.9 Å². The lowest BCUT2D eigenvalue weighted by Crippen LogP contribution is -2.15. The van der Waals surface area contributed by atoms with Crippen molar-refractivity contribution in [3.63, 3.8) is 0 Å². The predicted molar refractivity (Wildman–Crippen MR) is 78.4 cm³/mol. The van der Waals surface area contributed by atoms with Crippen molar-refractivity contribution in [2.24, 2.45) is 13.0 Å². The summed E-state index contributed by atoms with van der Waals surface area (Å²) in [4.78, 5) is 8.89. The van der Waals surface area contributed by atoms with Gasteiger partial charge in [-0.15, -0.1) is 0 Å². The molecule has 2 heterocycles. The molecule has 1 atom stereocenters. The van der Waals surface area contributed by atoms with Crippen molar-refractivity contribution < 1.29 is 4.74 Å². The molecule has 5 nitrogen and oxygen atoms in total. The van der Waals surface area contributed by atoms with Crippen LogP contribution in [-0.2, 0) is 11.8 Å².